The molecular formula is C18H21Cl2N7. The van der Waals surface area contributed by atoms with E-state index in [9.17, 15) is 0 Å². The maximum Gasteiger partial charge on any atom is 0.163 e. The Morgan fingerprint density at radius 3 is 2.96 bits per heavy atom. The fourth-order valence-corrected chi connectivity index (χ4v) is 3.30. The molecule has 27 heavy (non-hydrogen) atoms. The van der Waals surface area contributed by atoms with Crippen LogP contribution in [-0.2, 0) is 13.0 Å². The lowest BCUT2D eigenvalue weighted by molar-refractivity contribution is 0.625. The Morgan fingerprint density at radius 2 is 2.19 bits per heavy atom. The predicted molar refractivity (Wildman–Crippen MR) is 111 cm³/mol. The first-order chi connectivity index (χ1) is 13.1. The summed E-state index contributed by atoms with van der Waals surface area (Å²) in [6.45, 7) is 2.67. The fourth-order valence-electron chi connectivity index (χ4n) is 2.81. The molecule has 1 aliphatic heterocycles. The van der Waals surface area contributed by atoms with Crippen LogP contribution in [0.2, 0.25) is 10.0 Å². The zero-order valence-electron chi connectivity index (χ0n) is 14.7. The van der Waals surface area contributed by atoms with Crippen molar-refractivity contribution in [1.29, 1.82) is 0 Å². The topological polar surface area (TPSA) is 114 Å². The summed E-state index contributed by atoms with van der Waals surface area (Å²) in [5.74, 6) is 1.75. The summed E-state index contributed by atoms with van der Waals surface area (Å²) in [5, 5.41) is 7.77. The number of aromatic nitrogens is 2. The molecule has 0 radical (unpaired) electrons. The van der Waals surface area contributed by atoms with Gasteiger partial charge in [0.25, 0.3) is 0 Å². The minimum atomic E-state index is 0.391. The summed E-state index contributed by atoms with van der Waals surface area (Å²) in [7, 11) is 0. The highest BCUT2D eigenvalue weighted by molar-refractivity contribution is 6.36. The number of amidine groups is 1. The molecule has 7 nitrogen and oxygen atoms in total. The zero-order chi connectivity index (χ0) is 19.2. The van der Waals surface area contributed by atoms with E-state index in [-0.39, 0.29) is 0 Å². The van der Waals surface area contributed by atoms with Crippen LogP contribution < -0.4 is 22.1 Å². The van der Waals surface area contributed by atoms with E-state index in [4.69, 9.17) is 44.6 Å². The number of hydrogen-bond acceptors (Lipinski definition) is 6. The Bertz CT molecular complexity index is 880. The van der Waals surface area contributed by atoms with Gasteiger partial charge in [0.1, 0.15) is 11.7 Å². The summed E-state index contributed by atoms with van der Waals surface area (Å²) in [6, 6.07) is 5.30. The Morgan fingerprint density at radius 1 is 1.33 bits per heavy atom. The minimum absolute atomic E-state index is 0.391. The van der Waals surface area contributed by atoms with Gasteiger partial charge in [-0.05, 0) is 43.4 Å². The lowest BCUT2D eigenvalue weighted by atomic mass is 10.1. The normalized spacial score (nSPS) is 14.4. The van der Waals surface area contributed by atoms with Gasteiger partial charge in [0, 0.05) is 29.2 Å². The quantitative estimate of drug-likeness (QED) is 0.333. The maximum absolute atomic E-state index is 6.34. The van der Waals surface area contributed by atoms with E-state index in [0.717, 1.165) is 35.6 Å². The van der Waals surface area contributed by atoms with Crippen LogP contribution in [0, 0.1) is 0 Å². The first-order valence-corrected chi connectivity index (χ1v) is 9.32. The molecule has 0 spiro atoms. The molecule has 3 rings (SSSR count). The summed E-state index contributed by atoms with van der Waals surface area (Å²) in [6.07, 6.45) is 3.77. The Hall–Kier alpha value is -2.35. The number of fused-ring (bicyclic) bond motifs is 1. The van der Waals surface area contributed by atoms with Crippen molar-refractivity contribution in [2.24, 2.45) is 16.5 Å². The molecule has 0 aliphatic carbocycles. The third kappa shape index (κ3) is 4.88. The summed E-state index contributed by atoms with van der Waals surface area (Å²) in [4.78, 5) is 13.6. The van der Waals surface area contributed by atoms with E-state index >= 15 is 0 Å². The standard InChI is InChI=1S/C18H21Cl2N7/c19-11-1-2-12(14(20)9-11)18-26-15-10-23-6-4-13(15)17(27-18)25-8-7-24-16(22)3-5-21/h1-3,5,9,23H,4,6-8,10,21H2,(H2,22,24)(H,25,26,27). The zero-order valence-corrected chi connectivity index (χ0v) is 16.2. The Kier molecular flexibility index (Phi) is 6.49. The van der Waals surface area contributed by atoms with E-state index in [0.29, 0.717) is 41.3 Å². The van der Waals surface area contributed by atoms with Gasteiger partial charge in [-0.25, -0.2) is 9.97 Å². The largest absolute Gasteiger partial charge is 0.404 e. The molecular weight excluding hydrogens is 385 g/mol. The van der Waals surface area contributed by atoms with Crippen LogP contribution in [0.15, 0.2) is 35.5 Å². The average molecular weight is 406 g/mol. The van der Waals surface area contributed by atoms with Crippen LogP contribution >= 0.6 is 23.2 Å². The number of anilines is 1. The van der Waals surface area contributed by atoms with Gasteiger partial charge >= 0.3 is 0 Å². The number of hydrogen-bond donors (Lipinski definition) is 4. The number of aliphatic imine (C=N–C) groups is 1. The van der Waals surface area contributed by atoms with Crippen LogP contribution in [0.5, 0.6) is 0 Å². The average Bonchev–Trinajstić information content (AvgIpc) is 2.65. The fraction of sp³-hybridized carbons (Fsp3) is 0.278. The summed E-state index contributed by atoms with van der Waals surface area (Å²) < 4.78 is 0. The van der Waals surface area contributed by atoms with Crippen molar-refractivity contribution in [3.63, 3.8) is 0 Å². The molecule has 0 saturated carbocycles. The summed E-state index contributed by atoms with van der Waals surface area (Å²) in [5.41, 5.74) is 13.8. The van der Waals surface area contributed by atoms with Crippen molar-refractivity contribution in [2.45, 2.75) is 13.0 Å². The second-order valence-corrected chi connectivity index (χ2v) is 6.81. The highest BCUT2D eigenvalue weighted by Crippen LogP contribution is 2.31. The lowest BCUT2D eigenvalue weighted by Crippen LogP contribution is -2.27. The molecule has 2 aromatic rings. The Balaban J connectivity index is 1.87. The van der Waals surface area contributed by atoms with E-state index in [1.807, 2.05) is 6.07 Å². The molecule has 1 aromatic heterocycles. The molecule has 0 unspecified atom stereocenters. The third-order valence-electron chi connectivity index (χ3n) is 4.07. The second kappa shape index (κ2) is 9.03. The maximum atomic E-state index is 6.34. The molecule has 9 heteroatoms. The molecule has 0 atom stereocenters. The van der Waals surface area contributed by atoms with Crippen molar-refractivity contribution in [3.8, 4) is 11.4 Å². The number of halogens is 2. The number of rotatable bonds is 6. The van der Waals surface area contributed by atoms with Crippen LogP contribution in [0.3, 0.4) is 0 Å². The van der Waals surface area contributed by atoms with E-state index < -0.39 is 0 Å². The minimum Gasteiger partial charge on any atom is -0.404 e. The van der Waals surface area contributed by atoms with Gasteiger partial charge in [0.2, 0.25) is 0 Å². The Labute approximate surface area is 167 Å². The highest BCUT2D eigenvalue weighted by Gasteiger charge is 2.19. The van der Waals surface area contributed by atoms with Gasteiger partial charge in [0.05, 0.1) is 17.3 Å². The van der Waals surface area contributed by atoms with Gasteiger partial charge in [-0.1, -0.05) is 23.2 Å². The molecule has 1 aliphatic rings. The van der Waals surface area contributed by atoms with Crippen LogP contribution in [0.1, 0.15) is 11.3 Å². The molecule has 0 saturated heterocycles. The van der Waals surface area contributed by atoms with Gasteiger partial charge in [0.15, 0.2) is 5.82 Å². The van der Waals surface area contributed by atoms with E-state index in [1.54, 1.807) is 18.2 Å². The van der Waals surface area contributed by atoms with Gasteiger partial charge in [-0.3, -0.25) is 4.99 Å². The highest BCUT2D eigenvalue weighted by atomic mass is 35.5. The first-order valence-electron chi connectivity index (χ1n) is 8.56. The number of benzene rings is 1. The monoisotopic (exact) mass is 405 g/mol. The molecule has 0 fully saturated rings. The molecule has 142 valence electrons. The molecule has 6 N–H and O–H groups in total. The lowest BCUT2D eigenvalue weighted by Gasteiger charge is -2.21. The third-order valence-corrected chi connectivity index (χ3v) is 4.62. The van der Waals surface area contributed by atoms with E-state index in [2.05, 4.69) is 15.6 Å². The predicted octanol–water partition coefficient (Wildman–Crippen LogP) is 2.34. The molecule has 0 amide bonds. The molecule has 0 bridgehead atoms. The van der Waals surface area contributed by atoms with Crippen LogP contribution in [0.25, 0.3) is 11.4 Å². The van der Waals surface area contributed by atoms with E-state index in [1.165, 1.54) is 6.20 Å². The molecule has 1 aromatic carbocycles. The van der Waals surface area contributed by atoms with Crippen molar-refractivity contribution in [1.82, 2.24) is 15.3 Å². The number of nitrogens with zero attached hydrogens (tertiary/aromatic N) is 3. The van der Waals surface area contributed by atoms with Gasteiger partial charge < -0.3 is 22.1 Å². The van der Waals surface area contributed by atoms with Crippen molar-refractivity contribution < 1.29 is 0 Å². The van der Waals surface area contributed by atoms with Crippen molar-refractivity contribution in [2.75, 3.05) is 25.0 Å². The van der Waals surface area contributed by atoms with Crippen LogP contribution in [-0.4, -0.2) is 35.4 Å². The number of nitrogens with one attached hydrogen (secondary N) is 2. The van der Waals surface area contributed by atoms with Crippen molar-refractivity contribution >= 4 is 34.9 Å². The van der Waals surface area contributed by atoms with Gasteiger partial charge in [-0.15, -0.1) is 0 Å². The smallest absolute Gasteiger partial charge is 0.163 e. The SMILES string of the molecule is NC=CC(N)=NCCNc1nc(-c2ccc(Cl)cc2Cl)nc2c1CCNC2. The summed E-state index contributed by atoms with van der Waals surface area (Å²) >= 11 is 12.3. The van der Waals surface area contributed by atoms with Gasteiger partial charge in [-0.2, -0.15) is 0 Å². The second-order valence-electron chi connectivity index (χ2n) is 5.96. The first kappa shape index (κ1) is 19.4. The van der Waals surface area contributed by atoms with Crippen LogP contribution in [0.4, 0.5) is 5.82 Å². The molecule has 2 heterocycles. The van der Waals surface area contributed by atoms with Crippen molar-refractivity contribution in [3.05, 3.63) is 51.8 Å². The number of nitrogens with two attached hydrogens (primary N) is 2.